The summed E-state index contributed by atoms with van der Waals surface area (Å²) in [5.74, 6) is 1.99. The van der Waals surface area contributed by atoms with E-state index in [0.717, 1.165) is 11.8 Å². The van der Waals surface area contributed by atoms with Crippen LogP contribution in [-0.4, -0.2) is 8.65 Å². The van der Waals surface area contributed by atoms with Gasteiger partial charge < -0.3 is 0 Å². The molecule has 3 fully saturated rings. The first kappa shape index (κ1) is 6.47. The first-order valence-corrected chi connectivity index (χ1v) is 5.63. The highest BCUT2D eigenvalue weighted by molar-refractivity contribution is 9.13. The van der Waals surface area contributed by atoms with Gasteiger partial charge in [0.25, 0.3) is 0 Å². The smallest absolute Gasteiger partial charge is 0.0456 e. The second-order valence-corrected chi connectivity index (χ2v) is 6.94. The third-order valence-corrected chi connectivity index (χ3v) is 7.61. The SMILES string of the molecule is Br[C@@]12C[C@]1(Br)[C@H]1CC[C@@H]2C1. The van der Waals surface area contributed by atoms with E-state index in [2.05, 4.69) is 31.9 Å². The molecule has 0 saturated heterocycles. The number of hydrogen-bond donors (Lipinski definition) is 0. The van der Waals surface area contributed by atoms with Crippen molar-refractivity contribution in [3.05, 3.63) is 0 Å². The number of halogens is 2. The lowest BCUT2D eigenvalue weighted by molar-refractivity contribution is 0.514. The molecular formula is C8H10Br2. The van der Waals surface area contributed by atoms with E-state index in [4.69, 9.17) is 0 Å². The standard InChI is InChI=1S/C8H10Br2/c9-7-4-8(7,10)6-2-1-5(7)3-6/h5-6H,1-4H2/t5-,6+,7-,8+. The molecule has 0 N–H and O–H groups in total. The average molecular weight is 266 g/mol. The molecule has 3 rings (SSSR count). The van der Waals surface area contributed by atoms with Crippen LogP contribution in [0, 0.1) is 11.8 Å². The van der Waals surface area contributed by atoms with E-state index < -0.39 is 0 Å². The molecule has 0 amide bonds. The van der Waals surface area contributed by atoms with Gasteiger partial charge in [0.1, 0.15) is 0 Å². The second kappa shape index (κ2) is 1.52. The maximum Gasteiger partial charge on any atom is 0.0456 e. The van der Waals surface area contributed by atoms with Gasteiger partial charge in [-0.05, 0) is 37.5 Å². The Morgan fingerprint density at radius 2 is 1.50 bits per heavy atom. The molecule has 0 spiro atoms. The van der Waals surface area contributed by atoms with Crippen molar-refractivity contribution in [3.8, 4) is 0 Å². The molecule has 0 aliphatic heterocycles. The zero-order valence-electron chi connectivity index (χ0n) is 5.74. The molecule has 0 aromatic rings. The van der Waals surface area contributed by atoms with Crippen molar-refractivity contribution in [2.75, 3.05) is 0 Å². The van der Waals surface area contributed by atoms with Crippen LogP contribution in [0.25, 0.3) is 0 Å². The van der Waals surface area contributed by atoms with Crippen molar-refractivity contribution in [2.45, 2.75) is 34.3 Å². The molecule has 0 aromatic heterocycles. The predicted molar refractivity (Wildman–Crippen MR) is 48.8 cm³/mol. The fraction of sp³-hybridized carbons (Fsp3) is 1.00. The van der Waals surface area contributed by atoms with Gasteiger partial charge >= 0.3 is 0 Å². The lowest BCUT2D eigenvalue weighted by Gasteiger charge is -2.20. The molecule has 4 atom stereocenters. The highest BCUT2D eigenvalue weighted by Gasteiger charge is 2.77. The Bertz CT molecular complexity index is 183. The molecular weight excluding hydrogens is 256 g/mol. The number of fused-ring (bicyclic) bond motifs is 5. The Morgan fingerprint density at radius 1 is 1.00 bits per heavy atom. The van der Waals surface area contributed by atoms with Gasteiger partial charge in [0.05, 0.1) is 0 Å². The number of alkyl halides is 2. The average Bonchev–Trinajstić information content (AvgIpc) is 2.25. The first-order chi connectivity index (χ1) is 4.67. The largest absolute Gasteiger partial charge is 0.0834 e. The fourth-order valence-electron chi connectivity index (χ4n) is 3.11. The van der Waals surface area contributed by atoms with Gasteiger partial charge in [0, 0.05) is 8.65 Å². The van der Waals surface area contributed by atoms with E-state index >= 15 is 0 Å². The summed E-state index contributed by atoms with van der Waals surface area (Å²) in [6.07, 6.45) is 5.82. The van der Waals surface area contributed by atoms with Crippen molar-refractivity contribution in [2.24, 2.45) is 11.8 Å². The second-order valence-electron chi connectivity index (χ2n) is 4.11. The fourth-order valence-corrected chi connectivity index (χ4v) is 5.85. The number of rotatable bonds is 0. The Labute approximate surface area is 78.0 Å². The van der Waals surface area contributed by atoms with Gasteiger partial charge in [-0.25, -0.2) is 0 Å². The van der Waals surface area contributed by atoms with E-state index in [9.17, 15) is 0 Å². The quantitative estimate of drug-likeness (QED) is 0.591. The summed E-state index contributed by atoms with van der Waals surface area (Å²) in [4.78, 5) is 0. The molecule has 10 heavy (non-hydrogen) atoms. The summed E-state index contributed by atoms with van der Waals surface area (Å²) in [6, 6.07) is 0. The van der Waals surface area contributed by atoms with Gasteiger partial charge in [-0.2, -0.15) is 0 Å². The zero-order valence-corrected chi connectivity index (χ0v) is 8.91. The third kappa shape index (κ3) is 0.465. The van der Waals surface area contributed by atoms with Gasteiger partial charge in [0.2, 0.25) is 0 Å². The molecule has 0 aromatic carbocycles. The molecule has 0 nitrogen and oxygen atoms in total. The molecule has 56 valence electrons. The maximum absolute atomic E-state index is 3.88. The number of hydrogen-bond acceptors (Lipinski definition) is 0. The van der Waals surface area contributed by atoms with Crippen LogP contribution >= 0.6 is 31.9 Å². The van der Waals surface area contributed by atoms with Crippen LogP contribution in [0.2, 0.25) is 0 Å². The monoisotopic (exact) mass is 264 g/mol. The summed E-state index contributed by atoms with van der Waals surface area (Å²) in [5.41, 5.74) is 0. The van der Waals surface area contributed by atoms with Crippen LogP contribution < -0.4 is 0 Å². The maximum atomic E-state index is 3.88. The molecule has 2 heteroatoms. The Morgan fingerprint density at radius 3 is 1.80 bits per heavy atom. The molecule has 2 bridgehead atoms. The lowest BCUT2D eigenvalue weighted by atomic mass is 10.0. The van der Waals surface area contributed by atoms with E-state index in [0.29, 0.717) is 8.65 Å². The minimum atomic E-state index is 0.545. The van der Waals surface area contributed by atoms with Crippen LogP contribution in [0.5, 0.6) is 0 Å². The van der Waals surface area contributed by atoms with Gasteiger partial charge in [0.15, 0.2) is 0 Å². The van der Waals surface area contributed by atoms with Crippen molar-refractivity contribution in [3.63, 3.8) is 0 Å². The van der Waals surface area contributed by atoms with Crippen LogP contribution in [0.3, 0.4) is 0 Å². The van der Waals surface area contributed by atoms with Crippen LogP contribution in [0.4, 0.5) is 0 Å². The van der Waals surface area contributed by atoms with Crippen molar-refractivity contribution >= 4 is 31.9 Å². The van der Waals surface area contributed by atoms with Crippen molar-refractivity contribution in [1.82, 2.24) is 0 Å². The summed E-state index contributed by atoms with van der Waals surface area (Å²) in [5, 5.41) is 0. The third-order valence-electron chi connectivity index (χ3n) is 3.81. The Kier molecular flexibility index (Phi) is 0.982. The Balaban J connectivity index is 2.08. The van der Waals surface area contributed by atoms with Gasteiger partial charge in [-0.15, -0.1) is 0 Å². The molecule has 3 aliphatic rings. The summed E-state index contributed by atoms with van der Waals surface area (Å²) in [6.45, 7) is 0. The van der Waals surface area contributed by atoms with E-state index in [-0.39, 0.29) is 0 Å². The highest BCUT2D eigenvalue weighted by atomic mass is 79.9. The molecule has 0 unspecified atom stereocenters. The van der Waals surface area contributed by atoms with Gasteiger partial charge in [-0.3, -0.25) is 0 Å². The Hall–Kier alpha value is 0.960. The predicted octanol–water partition coefficient (Wildman–Crippen LogP) is 3.09. The molecule has 0 radical (unpaired) electrons. The van der Waals surface area contributed by atoms with Crippen LogP contribution in [-0.2, 0) is 0 Å². The highest BCUT2D eigenvalue weighted by Crippen LogP contribution is 2.79. The van der Waals surface area contributed by atoms with E-state index in [1.165, 1.54) is 25.7 Å². The van der Waals surface area contributed by atoms with E-state index in [1.54, 1.807) is 0 Å². The first-order valence-electron chi connectivity index (χ1n) is 4.05. The topological polar surface area (TPSA) is 0 Å². The van der Waals surface area contributed by atoms with Crippen molar-refractivity contribution in [1.29, 1.82) is 0 Å². The normalized spacial score (nSPS) is 70.2. The lowest BCUT2D eigenvalue weighted by Crippen LogP contribution is -2.21. The van der Waals surface area contributed by atoms with Crippen molar-refractivity contribution < 1.29 is 0 Å². The minimum Gasteiger partial charge on any atom is -0.0834 e. The van der Waals surface area contributed by atoms with Crippen LogP contribution in [0.1, 0.15) is 25.7 Å². The molecule has 3 aliphatic carbocycles. The summed E-state index contributed by atoms with van der Waals surface area (Å²) < 4.78 is 1.09. The van der Waals surface area contributed by atoms with Crippen LogP contribution in [0.15, 0.2) is 0 Å². The summed E-state index contributed by atoms with van der Waals surface area (Å²) >= 11 is 7.77. The van der Waals surface area contributed by atoms with Gasteiger partial charge in [-0.1, -0.05) is 31.9 Å². The zero-order chi connectivity index (χ0) is 6.98. The molecule has 0 heterocycles. The summed E-state index contributed by atoms with van der Waals surface area (Å²) in [7, 11) is 0. The molecule has 3 saturated carbocycles. The minimum absolute atomic E-state index is 0.545. The van der Waals surface area contributed by atoms with E-state index in [1.807, 2.05) is 0 Å².